The quantitative estimate of drug-likeness (QED) is 0.591. The van der Waals surface area contributed by atoms with Crippen molar-refractivity contribution >= 4 is 40.0 Å². The van der Waals surface area contributed by atoms with Gasteiger partial charge in [0.1, 0.15) is 0 Å². The number of rotatable bonds is 2. The molecule has 80 valence electrons. The minimum atomic E-state index is -0.00102. The zero-order chi connectivity index (χ0) is 11.5. The van der Waals surface area contributed by atoms with E-state index in [-0.39, 0.29) is 5.78 Å². The average molecular weight is 343 g/mol. The van der Waals surface area contributed by atoms with Crippen LogP contribution in [0.2, 0.25) is 5.02 Å². The molecule has 1 nitrogen and oxygen atoms in total. The molecule has 0 amide bonds. The van der Waals surface area contributed by atoms with Gasteiger partial charge >= 0.3 is 0 Å². The van der Waals surface area contributed by atoms with Gasteiger partial charge in [-0.2, -0.15) is 0 Å². The van der Waals surface area contributed by atoms with Crippen molar-refractivity contribution in [3.8, 4) is 0 Å². The second-order valence-electron chi connectivity index (χ2n) is 3.35. The summed E-state index contributed by atoms with van der Waals surface area (Å²) >= 11 is 8.06. The predicted molar refractivity (Wildman–Crippen MR) is 74.0 cm³/mol. The number of benzene rings is 2. The van der Waals surface area contributed by atoms with Crippen LogP contribution in [0.1, 0.15) is 15.9 Å². The van der Waals surface area contributed by atoms with Crippen LogP contribution in [-0.4, -0.2) is 5.78 Å². The van der Waals surface area contributed by atoms with Crippen LogP contribution in [0, 0.1) is 3.57 Å². The molecule has 2 aromatic rings. The standard InChI is InChI=1S/C13H8ClIO/c14-11-3-1-2-10(8-11)13(16)9-4-6-12(15)7-5-9/h1-8H. The third kappa shape index (κ3) is 2.62. The lowest BCUT2D eigenvalue weighted by Gasteiger charge is -2.01. The van der Waals surface area contributed by atoms with Crippen LogP contribution in [0.15, 0.2) is 48.5 Å². The molecule has 0 spiro atoms. The summed E-state index contributed by atoms with van der Waals surface area (Å²) in [6.45, 7) is 0. The average Bonchev–Trinajstić information content (AvgIpc) is 2.29. The maximum Gasteiger partial charge on any atom is 0.193 e. The number of hydrogen-bond donors (Lipinski definition) is 0. The fourth-order valence-electron chi connectivity index (χ4n) is 1.40. The summed E-state index contributed by atoms with van der Waals surface area (Å²) in [4.78, 5) is 12.0. The highest BCUT2D eigenvalue weighted by Crippen LogP contribution is 2.15. The minimum absolute atomic E-state index is 0.00102. The molecule has 0 atom stereocenters. The predicted octanol–water partition coefficient (Wildman–Crippen LogP) is 4.18. The zero-order valence-corrected chi connectivity index (χ0v) is 11.2. The SMILES string of the molecule is O=C(c1ccc(I)cc1)c1cccc(Cl)c1. The summed E-state index contributed by atoms with van der Waals surface area (Å²) in [6.07, 6.45) is 0. The third-order valence-corrected chi connectivity index (χ3v) is 3.15. The molecule has 2 rings (SSSR count). The van der Waals surface area contributed by atoms with Crippen molar-refractivity contribution in [1.82, 2.24) is 0 Å². The van der Waals surface area contributed by atoms with Gasteiger partial charge in [0.15, 0.2) is 5.78 Å². The number of ketones is 1. The van der Waals surface area contributed by atoms with E-state index in [1.807, 2.05) is 24.3 Å². The third-order valence-electron chi connectivity index (χ3n) is 2.19. The highest BCUT2D eigenvalue weighted by Gasteiger charge is 2.08. The van der Waals surface area contributed by atoms with E-state index in [2.05, 4.69) is 22.6 Å². The molecule has 3 heteroatoms. The van der Waals surface area contributed by atoms with Crippen molar-refractivity contribution in [3.63, 3.8) is 0 Å². The summed E-state index contributed by atoms with van der Waals surface area (Å²) in [7, 11) is 0. The van der Waals surface area contributed by atoms with Crippen molar-refractivity contribution in [2.45, 2.75) is 0 Å². The molecular formula is C13H8ClIO. The van der Waals surface area contributed by atoms with E-state index in [1.54, 1.807) is 24.3 Å². The summed E-state index contributed by atoms with van der Waals surface area (Å²) < 4.78 is 1.11. The molecule has 2 aromatic carbocycles. The molecule has 16 heavy (non-hydrogen) atoms. The van der Waals surface area contributed by atoms with Gasteiger partial charge in [0.2, 0.25) is 0 Å². The Morgan fingerprint density at radius 1 is 1.00 bits per heavy atom. The fourth-order valence-corrected chi connectivity index (χ4v) is 1.95. The smallest absolute Gasteiger partial charge is 0.193 e. The Morgan fingerprint density at radius 3 is 2.31 bits per heavy atom. The second kappa shape index (κ2) is 4.97. The summed E-state index contributed by atoms with van der Waals surface area (Å²) in [5.74, 6) is -0.00102. The first-order valence-electron chi connectivity index (χ1n) is 4.72. The fraction of sp³-hybridized carbons (Fsp3) is 0. The van der Waals surface area contributed by atoms with Gasteiger partial charge in [0.25, 0.3) is 0 Å². The second-order valence-corrected chi connectivity index (χ2v) is 5.03. The Balaban J connectivity index is 2.35. The topological polar surface area (TPSA) is 17.1 Å². The Bertz CT molecular complexity index is 520. The van der Waals surface area contributed by atoms with Gasteiger partial charge in [0, 0.05) is 19.7 Å². The highest BCUT2D eigenvalue weighted by atomic mass is 127. The van der Waals surface area contributed by atoms with Crippen molar-refractivity contribution in [3.05, 3.63) is 68.3 Å². The van der Waals surface area contributed by atoms with Gasteiger partial charge in [-0.25, -0.2) is 0 Å². The van der Waals surface area contributed by atoms with E-state index in [9.17, 15) is 4.79 Å². The van der Waals surface area contributed by atoms with E-state index in [0.29, 0.717) is 16.1 Å². The number of carbonyl (C=O) groups excluding carboxylic acids is 1. The van der Waals surface area contributed by atoms with Gasteiger partial charge in [-0.15, -0.1) is 0 Å². The van der Waals surface area contributed by atoms with Gasteiger partial charge in [-0.3, -0.25) is 4.79 Å². The van der Waals surface area contributed by atoms with Crippen molar-refractivity contribution in [2.75, 3.05) is 0 Å². The Morgan fingerprint density at radius 2 is 1.69 bits per heavy atom. The molecule has 0 aliphatic rings. The zero-order valence-electron chi connectivity index (χ0n) is 8.28. The lowest BCUT2D eigenvalue weighted by atomic mass is 10.0. The Hall–Kier alpha value is -0.870. The maximum atomic E-state index is 12.0. The first-order chi connectivity index (χ1) is 7.66. The molecular weight excluding hydrogens is 334 g/mol. The lowest BCUT2D eigenvalue weighted by molar-refractivity contribution is 0.103. The van der Waals surface area contributed by atoms with Crippen LogP contribution in [-0.2, 0) is 0 Å². The van der Waals surface area contributed by atoms with E-state index < -0.39 is 0 Å². The number of hydrogen-bond acceptors (Lipinski definition) is 1. The van der Waals surface area contributed by atoms with E-state index in [0.717, 1.165) is 3.57 Å². The molecule has 0 bridgehead atoms. The Kier molecular flexibility index (Phi) is 3.61. The molecule has 0 aliphatic carbocycles. The molecule has 0 aromatic heterocycles. The van der Waals surface area contributed by atoms with E-state index in [4.69, 9.17) is 11.6 Å². The van der Waals surface area contributed by atoms with Crippen LogP contribution >= 0.6 is 34.2 Å². The highest BCUT2D eigenvalue weighted by molar-refractivity contribution is 14.1. The molecule has 0 aliphatic heterocycles. The monoisotopic (exact) mass is 342 g/mol. The van der Waals surface area contributed by atoms with Gasteiger partial charge in [-0.05, 0) is 59.0 Å². The van der Waals surface area contributed by atoms with Crippen LogP contribution in [0.3, 0.4) is 0 Å². The first-order valence-corrected chi connectivity index (χ1v) is 6.18. The molecule has 0 radical (unpaired) electrons. The maximum absolute atomic E-state index is 12.0. The van der Waals surface area contributed by atoms with Crippen molar-refractivity contribution in [2.24, 2.45) is 0 Å². The lowest BCUT2D eigenvalue weighted by Crippen LogP contribution is -2.00. The van der Waals surface area contributed by atoms with Crippen molar-refractivity contribution < 1.29 is 4.79 Å². The van der Waals surface area contributed by atoms with Crippen LogP contribution in [0.25, 0.3) is 0 Å². The molecule has 0 fully saturated rings. The summed E-state index contributed by atoms with van der Waals surface area (Å²) in [5, 5.41) is 0.580. The summed E-state index contributed by atoms with van der Waals surface area (Å²) in [5.41, 5.74) is 1.30. The minimum Gasteiger partial charge on any atom is -0.289 e. The normalized spacial score (nSPS) is 10.1. The van der Waals surface area contributed by atoms with Gasteiger partial charge in [0.05, 0.1) is 0 Å². The van der Waals surface area contributed by atoms with Crippen LogP contribution in [0.5, 0.6) is 0 Å². The van der Waals surface area contributed by atoms with Gasteiger partial charge < -0.3 is 0 Å². The molecule has 0 saturated heterocycles. The number of carbonyl (C=O) groups is 1. The van der Waals surface area contributed by atoms with Gasteiger partial charge in [-0.1, -0.05) is 23.7 Å². The van der Waals surface area contributed by atoms with Crippen LogP contribution in [0.4, 0.5) is 0 Å². The largest absolute Gasteiger partial charge is 0.289 e. The number of halogens is 2. The van der Waals surface area contributed by atoms with Crippen LogP contribution < -0.4 is 0 Å². The summed E-state index contributed by atoms with van der Waals surface area (Å²) in [6, 6.07) is 14.5. The molecule has 0 heterocycles. The van der Waals surface area contributed by atoms with E-state index in [1.165, 1.54) is 0 Å². The molecule has 0 unspecified atom stereocenters. The molecule has 0 saturated carbocycles. The Labute approximate surface area is 113 Å². The van der Waals surface area contributed by atoms with E-state index >= 15 is 0 Å². The van der Waals surface area contributed by atoms with Crippen molar-refractivity contribution in [1.29, 1.82) is 0 Å². The molecule has 0 N–H and O–H groups in total. The first kappa shape index (κ1) is 11.6.